The van der Waals surface area contributed by atoms with E-state index in [1.165, 1.54) is 0 Å². The van der Waals surface area contributed by atoms with Crippen LogP contribution in [0.4, 0.5) is 0 Å². The van der Waals surface area contributed by atoms with Gasteiger partial charge >= 0.3 is 0 Å². The van der Waals surface area contributed by atoms with Crippen molar-refractivity contribution in [3.8, 4) is 0 Å². The molecule has 0 aromatic heterocycles. The molecule has 1 rings (SSSR count). The highest BCUT2D eigenvalue weighted by Gasteiger charge is 1.89. The molecular formula is C6H7NO. The van der Waals surface area contributed by atoms with Crippen molar-refractivity contribution in [3.05, 3.63) is 24.3 Å². The summed E-state index contributed by atoms with van der Waals surface area (Å²) in [5.41, 5.74) is 0. The highest BCUT2D eigenvalue weighted by Crippen LogP contribution is 1.98. The van der Waals surface area contributed by atoms with Gasteiger partial charge in [0.15, 0.2) is 0 Å². The van der Waals surface area contributed by atoms with Crippen molar-refractivity contribution < 1.29 is 4.74 Å². The Morgan fingerprint density at radius 1 is 1.75 bits per heavy atom. The van der Waals surface area contributed by atoms with E-state index in [9.17, 15) is 0 Å². The summed E-state index contributed by atoms with van der Waals surface area (Å²) in [5, 5.41) is 0. The van der Waals surface area contributed by atoms with Crippen molar-refractivity contribution in [1.29, 1.82) is 0 Å². The Balaban J connectivity index is 2.66. The van der Waals surface area contributed by atoms with E-state index in [0.717, 1.165) is 5.76 Å². The van der Waals surface area contributed by atoms with Crippen LogP contribution in [-0.4, -0.2) is 6.21 Å². The molecule has 8 heavy (non-hydrogen) atoms. The van der Waals surface area contributed by atoms with E-state index in [4.69, 9.17) is 4.74 Å². The highest BCUT2D eigenvalue weighted by atomic mass is 16.5. The maximum absolute atomic E-state index is 4.96. The third-order valence-electron chi connectivity index (χ3n) is 0.837. The van der Waals surface area contributed by atoms with Crippen molar-refractivity contribution in [2.45, 2.75) is 6.92 Å². The summed E-state index contributed by atoms with van der Waals surface area (Å²) in [6.07, 6.45) is 6.68. The number of nitrogens with zero attached hydrogens (tertiary/aromatic N) is 1. The predicted molar refractivity (Wildman–Crippen MR) is 32.5 cm³/mol. The molecule has 0 radical (unpaired) electrons. The third-order valence-corrected chi connectivity index (χ3v) is 0.837. The molecule has 0 saturated heterocycles. The van der Waals surface area contributed by atoms with Crippen LogP contribution in [0.2, 0.25) is 0 Å². The average Bonchev–Trinajstić information content (AvgIpc) is 1.90. The summed E-state index contributed by atoms with van der Waals surface area (Å²) in [4.78, 5) is 3.83. The maximum atomic E-state index is 4.96. The van der Waals surface area contributed by atoms with E-state index in [2.05, 4.69) is 4.99 Å². The Bertz CT molecular complexity index is 156. The van der Waals surface area contributed by atoms with Gasteiger partial charge in [-0.1, -0.05) is 0 Å². The number of hydrogen-bond acceptors (Lipinski definition) is 2. The zero-order chi connectivity index (χ0) is 5.82. The number of aliphatic imine (C=N–C) groups is 1. The first-order valence-electron chi connectivity index (χ1n) is 2.44. The van der Waals surface area contributed by atoms with Crippen molar-refractivity contribution >= 4 is 6.21 Å². The van der Waals surface area contributed by atoms with Crippen LogP contribution in [0.1, 0.15) is 6.92 Å². The highest BCUT2D eigenvalue weighted by molar-refractivity contribution is 5.77. The summed E-state index contributed by atoms with van der Waals surface area (Å²) in [7, 11) is 0. The van der Waals surface area contributed by atoms with Crippen molar-refractivity contribution in [2.24, 2.45) is 4.99 Å². The standard InChI is InChI=1S/C6H7NO/c1-2-6-5-7-3-4-8-6/h2-5H,1H3. The number of ether oxygens (including phenoxy) is 1. The Morgan fingerprint density at radius 2 is 2.62 bits per heavy atom. The third kappa shape index (κ3) is 0.964. The van der Waals surface area contributed by atoms with E-state index >= 15 is 0 Å². The minimum atomic E-state index is 0.799. The van der Waals surface area contributed by atoms with Crippen molar-refractivity contribution in [3.63, 3.8) is 0 Å². The molecule has 0 bridgehead atoms. The van der Waals surface area contributed by atoms with Crippen LogP contribution >= 0.6 is 0 Å². The first-order valence-corrected chi connectivity index (χ1v) is 2.44. The van der Waals surface area contributed by atoms with Crippen LogP contribution in [0.15, 0.2) is 29.3 Å². The summed E-state index contributed by atoms with van der Waals surface area (Å²) in [6.45, 7) is 1.90. The second kappa shape index (κ2) is 2.31. The second-order valence-electron chi connectivity index (χ2n) is 1.37. The van der Waals surface area contributed by atoms with Crippen LogP contribution in [0.5, 0.6) is 0 Å². The van der Waals surface area contributed by atoms with Gasteiger partial charge in [-0.25, -0.2) is 0 Å². The van der Waals surface area contributed by atoms with E-state index < -0.39 is 0 Å². The average molecular weight is 109 g/mol. The number of rotatable bonds is 0. The summed E-state index contributed by atoms with van der Waals surface area (Å²) in [5.74, 6) is 0.799. The largest absolute Gasteiger partial charge is 0.462 e. The van der Waals surface area contributed by atoms with Gasteiger partial charge in [0.1, 0.15) is 12.0 Å². The smallest absolute Gasteiger partial charge is 0.140 e. The van der Waals surface area contributed by atoms with Crippen LogP contribution < -0.4 is 0 Å². The van der Waals surface area contributed by atoms with E-state index in [1.807, 2.05) is 13.0 Å². The molecule has 0 aromatic carbocycles. The van der Waals surface area contributed by atoms with Gasteiger partial charge in [-0.15, -0.1) is 0 Å². The van der Waals surface area contributed by atoms with Crippen LogP contribution in [0.25, 0.3) is 0 Å². The fourth-order valence-corrected chi connectivity index (χ4v) is 0.434. The topological polar surface area (TPSA) is 21.6 Å². The second-order valence-corrected chi connectivity index (χ2v) is 1.37. The Hall–Kier alpha value is -1.05. The Kier molecular flexibility index (Phi) is 1.47. The lowest BCUT2D eigenvalue weighted by molar-refractivity contribution is 0.374. The molecule has 1 aliphatic rings. The summed E-state index contributed by atoms with van der Waals surface area (Å²) in [6, 6.07) is 0. The lowest BCUT2D eigenvalue weighted by Crippen LogP contribution is -1.88. The molecule has 2 heteroatoms. The molecule has 42 valence electrons. The van der Waals surface area contributed by atoms with Gasteiger partial charge in [-0.05, 0) is 13.0 Å². The van der Waals surface area contributed by atoms with Crippen LogP contribution in [0.3, 0.4) is 0 Å². The normalized spacial score (nSPS) is 21.4. The molecule has 0 aliphatic carbocycles. The molecule has 0 spiro atoms. The van der Waals surface area contributed by atoms with Gasteiger partial charge in [0.25, 0.3) is 0 Å². The molecule has 2 nitrogen and oxygen atoms in total. The molecule has 1 aliphatic heterocycles. The quantitative estimate of drug-likeness (QED) is 0.461. The van der Waals surface area contributed by atoms with Crippen molar-refractivity contribution in [1.82, 2.24) is 0 Å². The fourth-order valence-electron chi connectivity index (χ4n) is 0.434. The molecule has 0 saturated carbocycles. The molecule has 0 aromatic rings. The predicted octanol–water partition coefficient (Wildman–Crippen LogP) is 1.46. The van der Waals surface area contributed by atoms with E-state index in [0.29, 0.717) is 0 Å². The van der Waals surface area contributed by atoms with Crippen LogP contribution in [0, 0.1) is 0 Å². The summed E-state index contributed by atoms with van der Waals surface area (Å²) < 4.78 is 4.96. The molecule has 0 N–H and O–H groups in total. The first-order chi connectivity index (χ1) is 3.93. The molecule has 0 fully saturated rings. The van der Waals surface area contributed by atoms with E-state index in [-0.39, 0.29) is 0 Å². The molecule has 1 heterocycles. The molecular weight excluding hydrogens is 102 g/mol. The van der Waals surface area contributed by atoms with Gasteiger partial charge < -0.3 is 4.74 Å². The van der Waals surface area contributed by atoms with Crippen molar-refractivity contribution in [2.75, 3.05) is 0 Å². The number of allylic oxidation sites excluding steroid dienone is 2. The first kappa shape index (κ1) is 5.09. The van der Waals surface area contributed by atoms with Gasteiger partial charge in [0.2, 0.25) is 0 Å². The van der Waals surface area contributed by atoms with Gasteiger partial charge in [-0.2, -0.15) is 0 Å². The lowest BCUT2D eigenvalue weighted by Gasteiger charge is -2.00. The monoisotopic (exact) mass is 109 g/mol. The maximum Gasteiger partial charge on any atom is 0.140 e. The Morgan fingerprint density at radius 3 is 3.00 bits per heavy atom. The lowest BCUT2D eigenvalue weighted by atomic mass is 10.5. The minimum absolute atomic E-state index is 0.799. The summed E-state index contributed by atoms with van der Waals surface area (Å²) >= 11 is 0. The van der Waals surface area contributed by atoms with E-state index in [1.54, 1.807) is 18.7 Å². The molecule has 0 amide bonds. The number of hydrogen-bond donors (Lipinski definition) is 0. The Labute approximate surface area is 48.2 Å². The molecule has 0 unspecified atom stereocenters. The minimum Gasteiger partial charge on any atom is -0.462 e. The van der Waals surface area contributed by atoms with Gasteiger partial charge in [0, 0.05) is 0 Å². The zero-order valence-corrected chi connectivity index (χ0v) is 4.66. The van der Waals surface area contributed by atoms with Crippen LogP contribution in [-0.2, 0) is 4.74 Å². The fraction of sp³-hybridized carbons (Fsp3) is 0.167. The SMILES string of the molecule is CC=C1C=NC=CO1. The zero-order valence-electron chi connectivity index (χ0n) is 4.66. The van der Waals surface area contributed by atoms with Gasteiger partial charge in [-0.3, -0.25) is 4.99 Å². The molecule has 0 atom stereocenters. The van der Waals surface area contributed by atoms with Gasteiger partial charge in [0.05, 0.1) is 12.4 Å².